The Kier molecular flexibility index (Phi) is 4.17. The fourth-order valence-corrected chi connectivity index (χ4v) is 2.81. The second-order valence-corrected chi connectivity index (χ2v) is 6.01. The van der Waals surface area contributed by atoms with Crippen LogP contribution in [-0.2, 0) is 4.74 Å². The third-order valence-corrected chi connectivity index (χ3v) is 4.64. The van der Waals surface area contributed by atoms with Crippen molar-refractivity contribution >= 4 is 21.8 Å². The second-order valence-electron chi connectivity index (χ2n) is 5.22. The van der Waals surface area contributed by atoms with E-state index in [4.69, 9.17) is 4.74 Å². The van der Waals surface area contributed by atoms with Crippen molar-refractivity contribution in [3.8, 4) is 5.75 Å². The van der Waals surface area contributed by atoms with Gasteiger partial charge in [0.15, 0.2) is 5.69 Å². The molecule has 1 unspecified atom stereocenters. The number of aryl methyl sites for hydroxylation is 1. The number of ether oxygens (including phenoxy) is 1. The maximum Gasteiger partial charge on any atom is 0.275 e. The van der Waals surface area contributed by atoms with Crippen LogP contribution < -0.4 is 0 Å². The lowest BCUT2D eigenvalue weighted by molar-refractivity contribution is -0.0231. The van der Waals surface area contributed by atoms with Crippen molar-refractivity contribution < 1.29 is 14.6 Å². The Balaban J connectivity index is 1.78. The molecule has 22 heavy (non-hydrogen) atoms. The van der Waals surface area contributed by atoms with Crippen molar-refractivity contribution in [1.29, 1.82) is 0 Å². The number of aromatic hydroxyl groups is 1. The molecular weight excluding hydrogens is 350 g/mol. The number of aromatic nitrogens is 2. The number of hydrogen-bond donors (Lipinski definition) is 2. The Morgan fingerprint density at radius 3 is 3.05 bits per heavy atom. The molecule has 3 rings (SSSR count). The highest BCUT2D eigenvalue weighted by Gasteiger charge is 2.29. The van der Waals surface area contributed by atoms with E-state index < -0.39 is 0 Å². The fraction of sp³-hybridized carbons (Fsp3) is 0.333. The van der Waals surface area contributed by atoms with Crippen molar-refractivity contribution in [2.45, 2.75) is 13.0 Å². The second kappa shape index (κ2) is 6.10. The lowest BCUT2D eigenvalue weighted by atomic mass is 10.1. The van der Waals surface area contributed by atoms with Crippen LogP contribution in [0.1, 0.15) is 27.8 Å². The number of rotatable bonds is 2. The van der Waals surface area contributed by atoms with Crippen LogP contribution in [0.5, 0.6) is 5.75 Å². The monoisotopic (exact) mass is 365 g/mol. The van der Waals surface area contributed by atoms with Crippen molar-refractivity contribution in [3.63, 3.8) is 0 Å². The Bertz CT molecular complexity index is 701. The van der Waals surface area contributed by atoms with E-state index >= 15 is 0 Å². The van der Waals surface area contributed by atoms with E-state index in [1.54, 1.807) is 23.1 Å². The maximum absolute atomic E-state index is 12.6. The van der Waals surface area contributed by atoms with Crippen LogP contribution >= 0.6 is 15.9 Å². The summed E-state index contributed by atoms with van der Waals surface area (Å²) in [5, 5.41) is 16.4. The van der Waals surface area contributed by atoms with Gasteiger partial charge in [-0.25, -0.2) is 0 Å². The van der Waals surface area contributed by atoms with Crippen molar-refractivity contribution in [1.82, 2.24) is 15.1 Å². The van der Waals surface area contributed by atoms with E-state index in [0.717, 1.165) is 11.3 Å². The van der Waals surface area contributed by atoms with Crippen LogP contribution in [0.4, 0.5) is 0 Å². The first kappa shape index (κ1) is 15.1. The molecular formula is C15H16BrN3O3. The van der Waals surface area contributed by atoms with Gasteiger partial charge >= 0.3 is 0 Å². The molecule has 116 valence electrons. The lowest BCUT2D eigenvalue weighted by Crippen LogP contribution is -2.42. The van der Waals surface area contributed by atoms with Crippen LogP contribution in [0.3, 0.4) is 0 Å². The van der Waals surface area contributed by atoms with Crippen molar-refractivity contribution in [2.24, 2.45) is 0 Å². The van der Waals surface area contributed by atoms with Gasteiger partial charge in [-0.3, -0.25) is 9.89 Å². The number of phenols is 1. The van der Waals surface area contributed by atoms with E-state index in [2.05, 4.69) is 26.1 Å². The summed E-state index contributed by atoms with van der Waals surface area (Å²) in [6.45, 7) is 3.25. The number of carbonyl (C=O) groups is 1. The topological polar surface area (TPSA) is 78.5 Å². The van der Waals surface area contributed by atoms with Gasteiger partial charge in [-0.15, -0.1) is 0 Å². The summed E-state index contributed by atoms with van der Waals surface area (Å²) >= 11 is 3.38. The van der Waals surface area contributed by atoms with Gasteiger partial charge in [0.1, 0.15) is 11.9 Å². The van der Waals surface area contributed by atoms with Gasteiger partial charge in [0.2, 0.25) is 0 Å². The molecule has 1 aromatic heterocycles. The average Bonchev–Trinajstić information content (AvgIpc) is 2.86. The molecule has 0 aliphatic carbocycles. The van der Waals surface area contributed by atoms with Gasteiger partial charge in [-0.1, -0.05) is 12.1 Å². The highest BCUT2D eigenvalue weighted by Crippen LogP contribution is 2.27. The Labute approximate surface area is 136 Å². The fourth-order valence-electron chi connectivity index (χ4n) is 2.47. The molecule has 2 aromatic rings. The van der Waals surface area contributed by atoms with Gasteiger partial charge < -0.3 is 14.7 Å². The zero-order valence-electron chi connectivity index (χ0n) is 12.0. The predicted octanol–water partition coefficient (Wildman–Crippen LogP) is 2.40. The number of aromatic amines is 1. The number of hydrogen-bond acceptors (Lipinski definition) is 4. The number of phenolic OH excluding ortho intramolecular Hbond substituents is 1. The number of H-pyrrole nitrogens is 1. The van der Waals surface area contributed by atoms with Gasteiger partial charge in [-0.2, -0.15) is 5.10 Å². The minimum atomic E-state index is -0.247. The zero-order chi connectivity index (χ0) is 15.7. The summed E-state index contributed by atoms with van der Waals surface area (Å²) in [5.74, 6) is 0.0555. The van der Waals surface area contributed by atoms with Crippen LogP contribution in [-0.4, -0.2) is 45.8 Å². The van der Waals surface area contributed by atoms with Crippen LogP contribution in [0.15, 0.2) is 28.7 Å². The predicted molar refractivity (Wildman–Crippen MR) is 83.7 cm³/mol. The van der Waals surface area contributed by atoms with Gasteiger partial charge in [0.05, 0.1) is 17.6 Å². The zero-order valence-corrected chi connectivity index (χ0v) is 13.6. The number of amides is 1. The van der Waals surface area contributed by atoms with Crippen LogP contribution in [0.25, 0.3) is 0 Å². The number of halogens is 1. The Morgan fingerprint density at radius 1 is 1.55 bits per heavy atom. The minimum absolute atomic E-state index is 0.135. The lowest BCUT2D eigenvalue weighted by Gasteiger charge is -2.32. The van der Waals surface area contributed by atoms with Crippen LogP contribution in [0, 0.1) is 6.92 Å². The Morgan fingerprint density at radius 2 is 2.36 bits per heavy atom. The van der Waals surface area contributed by atoms with Gasteiger partial charge in [0.25, 0.3) is 5.91 Å². The Hall–Kier alpha value is -1.86. The number of nitrogens with zero attached hydrogens (tertiary/aromatic N) is 2. The number of morpholine rings is 1. The third kappa shape index (κ3) is 2.86. The summed E-state index contributed by atoms with van der Waals surface area (Å²) in [5.41, 5.74) is 2.06. The SMILES string of the molecule is Cc1[nH]nc(C(=O)N2CCOC(c3cccc(O)c3)C2)c1Br. The van der Waals surface area contributed by atoms with E-state index in [1.807, 2.05) is 13.0 Å². The summed E-state index contributed by atoms with van der Waals surface area (Å²) in [6, 6.07) is 6.92. The molecule has 0 spiro atoms. The summed E-state index contributed by atoms with van der Waals surface area (Å²) in [6.07, 6.45) is -0.247. The molecule has 0 bridgehead atoms. The van der Waals surface area contributed by atoms with E-state index in [-0.39, 0.29) is 17.8 Å². The first-order valence-electron chi connectivity index (χ1n) is 6.96. The number of nitrogens with one attached hydrogen (secondary N) is 1. The molecule has 1 aromatic carbocycles. The molecule has 2 heterocycles. The first-order chi connectivity index (χ1) is 10.6. The molecule has 1 fully saturated rings. The molecule has 2 N–H and O–H groups in total. The highest BCUT2D eigenvalue weighted by molar-refractivity contribution is 9.10. The normalized spacial score (nSPS) is 18.5. The molecule has 6 nitrogen and oxygen atoms in total. The maximum atomic E-state index is 12.6. The van der Waals surface area contributed by atoms with Crippen molar-refractivity contribution in [2.75, 3.05) is 19.7 Å². The van der Waals surface area contributed by atoms with E-state index in [1.165, 1.54) is 0 Å². The quantitative estimate of drug-likeness (QED) is 0.856. The average molecular weight is 366 g/mol. The first-order valence-corrected chi connectivity index (χ1v) is 7.76. The highest BCUT2D eigenvalue weighted by atomic mass is 79.9. The standard InChI is InChI=1S/C15H16BrN3O3/c1-9-13(16)14(18-17-9)15(21)19-5-6-22-12(8-19)10-3-2-4-11(20)7-10/h2-4,7,12,20H,5-6,8H2,1H3,(H,17,18). The summed E-state index contributed by atoms with van der Waals surface area (Å²) in [7, 11) is 0. The smallest absolute Gasteiger partial charge is 0.275 e. The number of benzene rings is 1. The molecule has 1 aliphatic rings. The molecule has 1 aliphatic heterocycles. The largest absolute Gasteiger partial charge is 0.508 e. The summed E-state index contributed by atoms with van der Waals surface area (Å²) in [4.78, 5) is 14.3. The van der Waals surface area contributed by atoms with Crippen molar-refractivity contribution in [3.05, 3.63) is 45.7 Å². The molecule has 7 heteroatoms. The van der Waals surface area contributed by atoms with Crippen LogP contribution in [0.2, 0.25) is 0 Å². The van der Waals surface area contributed by atoms with E-state index in [9.17, 15) is 9.90 Å². The third-order valence-electron chi connectivity index (χ3n) is 3.67. The number of carbonyl (C=O) groups excluding carboxylic acids is 1. The molecule has 0 radical (unpaired) electrons. The van der Waals surface area contributed by atoms with Gasteiger partial charge in [-0.05, 0) is 40.5 Å². The summed E-state index contributed by atoms with van der Waals surface area (Å²) < 4.78 is 6.42. The molecule has 1 amide bonds. The van der Waals surface area contributed by atoms with E-state index in [0.29, 0.717) is 29.9 Å². The molecule has 1 saturated heterocycles. The molecule has 1 atom stereocenters. The molecule has 0 saturated carbocycles. The minimum Gasteiger partial charge on any atom is -0.508 e. The van der Waals surface area contributed by atoms with Gasteiger partial charge in [0, 0.05) is 12.2 Å².